The second kappa shape index (κ2) is 10.6. The summed E-state index contributed by atoms with van der Waals surface area (Å²) < 4.78 is 0. The minimum absolute atomic E-state index is 0.955. The zero-order chi connectivity index (χ0) is 27.6. The Hall–Kier alpha value is -5.41. The van der Waals surface area contributed by atoms with Gasteiger partial charge in [-0.3, -0.25) is 15.0 Å². The van der Waals surface area contributed by atoms with Crippen molar-refractivity contribution in [3.05, 3.63) is 152 Å². The molecule has 0 spiro atoms. The quantitative estimate of drug-likeness (QED) is 0.224. The van der Waals surface area contributed by atoms with Gasteiger partial charge in [-0.05, 0) is 76.5 Å². The molecule has 0 aliphatic carbocycles. The number of nitrogens with zero attached hydrogens (tertiary/aromatic N) is 3. The van der Waals surface area contributed by atoms with Gasteiger partial charge in [-0.2, -0.15) is 0 Å². The first-order valence-electron chi connectivity index (χ1n) is 13.8. The van der Waals surface area contributed by atoms with Crippen LogP contribution in [0.5, 0.6) is 0 Å². The van der Waals surface area contributed by atoms with Crippen molar-refractivity contribution >= 4 is 10.8 Å². The molecule has 0 unspecified atom stereocenters. The van der Waals surface area contributed by atoms with Crippen LogP contribution < -0.4 is 0 Å². The molecule has 0 atom stereocenters. The third-order valence-electron chi connectivity index (χ3n) is 7.50. The smallest absolute Gasteiger partial charge is 0.0786 e. The van der Waals surface area contributed by atoms with Crippen LogP contribution in [0.15, 0.2) is 146 Å². The first-order valence-corrected chi connectivity index (χ1v) is 13.8. The molecule has 0 aliphatic heterocycles. The maximum atomic E-state index is 4.93. The number of rotatable bonds is 5. The lowest BCUT2D eigenvalue weighted by Crippen LogP contribution is -1.93. The van der Waals surface area contributed by atoms with Gasteiger partial charge >= 0.3 is 0 Å². The highest BCUT2D eigenvalue weighted by molar-refractivity contribution is 6.11. The van der Waals surface area contributed by atoms with Crippen molar-refractivity contribution in [2.24, 2.45) is 0 Å². The zero-order valence-electron chi connectivity index (χ0n) is 22.7. The maximum absolute atomic E-state index is 4.93. The number of benzene rings is 4. The van der Waals surface area contributed by atoms with Crippen molar-refractivity contribution in [3.8, 4) is 56.0 Å². The van der Waals surface area contributed by atoms with E-state index in [-0.39, 0.29) is 0 Å². The lowest BCUT2D eigenvalue weighted by atomic mass is 9.89. The van der Waals surface area contributed by atoms with E-state index in [9.17, 15) is 0 Å². The van der Waals surface area contributed by atoms with E-state index in [1.54, 1.807) is 0 Å². The molecule has 3 nitrogen and oxygen atoms in total. The summed E-state index contributed by atoms with van der Waals surface area (Å²) >= 11 is 0. The standard InChI is InChI=1S/C38H27N3/c1-26-17-20-39-35(23-26)31-14-8-13-29(24-31)33-16-15-32(30-18-21-40-36(25-30)27-9-4-2-5-10-27)34-19-22-41-38(37(33)34)28-11-6-3-7-12-28/h2-25H,1H3. The van der Waals surface area contributed by atoms with Gasteiger partial charge in [-0.15, -0.1) is 0 Å². The van der Waals surface area contributed by atoms with Gasteiger partial charge in [0.25, 0.3) is 0 Å². The summed E-state index contributed by atoms with van der Waals surface area (Å²) in [5.74, 6) is 0. The number of pyridine rings is 3. The van der Waals surface area contributed by atoms with Crippen LogP contribution in [0.1, 0.15) is 5.56 Å². The molecule has 0 N–H and O–H groups in total. The fourth-order valence-electron chi connectivity index (χ4n) is 5.51. The van der Waals surface area contributed by atoms with E-state index in [2.05, 4.69) is 114 Å². The van der Waals surface area contributed by atoms with Crippen LogP contribution in [0.2, 0.25) is 0 Å². The molecule has 0 saturated carbocycles. The molecular formula is C38H27N3. The summed E-state index contributed by atoms with van der Waals surface area (Å²) in [6.45, 7) is 2.10. The number of aryl methyl sites for hydroxylation is 1. The molecule has 41 heavy (non-hydrogen) atoms. The fourth-order valence-corrected chi connectivity index (χ4v) is 5.51. The molecular weight excluding hydrogens is 498 g/mol. The van der Waals surface area contributed by atoms with Crippen LogP contribution in [-0.2, 0) is 0 Å². The molecule has 0 fully saturated rings. The fraction of sp³-hybridized carbons (Fsp3) is 0.0263. The molecule has 0 amide bonds. The van der Waals surface area contributed by atoms with E-state index >= 15 is 0 Å². The molecule has 0 aliphatic rings. The Morgan fingerprint density at radius 2 is 1.02 bits per heavy atom. The molecule has 0 radical (unpaired) electrons. The van der Waals surface area contributed by atoms with Crippen molar-refractivity contribution < 1.29 is 0 Å². The van der Waals surface area contributed by atoms with Crippen LogP contribution >= 0.6 is 0 Å². The molecule has 3 aromatic heterocycles. The average Bonchev–Trinajstić information content (AvgIpc) is 3.05. The molecule has 0 bridgehead atoms. The van der Waals surface area contributed by atoms with Crippen LogP contribution in [0.25, 0.3) is 66.8 Å². The van der Waals surface area contributed by atoms with Gasteiger partial charge in [0.1, 0.15) is 0 Å². The normalized spacial score (nSPS) is 11.0. The van der Waals surface area contributed by atoms with Crippen LogP contribution in [0, 0.1) is 6.92 Å². The van der Waals surface area contributed by atoms with E-state index in [4.69, 9.17) is 4.98 Å². The third kappa shape index (κ3) is 4.79. The molecule has 4 aromatic carbocycles. The second-order valence-corrected chi connectivity index (χ2v) is 10.2. The molecule has 7 aromatic rings. The second-order valence-electron chi connectivity index (χ2n) is 10.2. The van der Waals surface area contributed by atoms with E-state index in [0.29, 0.717) is 0 Å². The van der Waals surface area contributed by atoms with E-state index in [1.807, 2.05) is 48.9 Å². The summed E-state index contributed by atoms with van der Waals surface area (Å²) in [6, 6.07) is 44.4. The largest absolute Gasteiger partial charge is 0.256 e. The Balaban J connectivity index is 1.46. The highest BCUT2D eigenvalue weighted by Crippen LogP contribution is 2.41. The number of hydrogen-bond acceptors (Lipinski definition) is 3. The first-order chi connectivity index (χ1) is 20.2. The van der Waals surface area contributed by atoms with Gasteiger partial charge in [0.15, 0.2) is 0 Å². The van der Waals surface area contributed by atoms with Crippen LogP contribution in [-0.4, -0.2) is 15.0 Å². The summed E-state index contributed by atoms with van der Waals surface area (Å²) in [7, 11) is 0. The van der Waals surface area contributed by atoms with E-state index in [1.165, 1.54) is 5.56 Å². The Kier molecular flexibility index (Phi) is 6.38. The Morgan fingerprint density at radius 1 is 0.415 bits per heavy atom. The van der Waals surface area contributed by atoms with Crippen molar-refractivity contribution in [3.63, 3.8) is 0 Å². The summed E-state index contributed by atoms with van der Waals surface area (Å²) in [6.07, 6.45) is 5.69. The Morgan fingerprint density at radius 3 is 1.80 bits per heavy atom. The number of fused-ring (bicyclic) bond motifs is 1. The average molecular weight is 526 g/mol. The lowest BCUT2D eigenvalue weighted by molar-refractivity contribution is 1.29. The summed E-state index contributed by atoms with van der Waals surface area (Å²) in [5.41, 5.74) is 11.9. The van der Waals surface area contributed by atoms with Gasteiger partial charge < -0.3 is 0 Å². The van der Waals surface area contributed by atoms with Gasteiger partial charge in [0.2, 0.25) is 0 Å². The first kappa shape index (κ1) is 24.6. The molecule has 0 saturated heterocycles. The van der Waals surface area contributed by atoms with E-state index < -0.39 is 0 Å². The number of aromatic nitrogens is 3. The maximum Gasteiger partial charge on any atom is 0.0786 e. The predicted molar refractivity (Wildman–Crippen MR) is 169 cm³/mol. The number of hydrogen-bond donors (Lipinski definition) is 0. The predicted octanol–water partition coefficient (Wildman–Crippen LogP) is 9.67. The Bertz CT molecular complexity index is 2000. The van der Waals surface area contributed by atoms with Crippen LogP contribution in [0.4, 0.5) is 0 Å². The molecule has 7 rings (SSSR count). The van der Waals surface area contributed by atoms with Crippen molar-refractivity contribution in [2.45, 2.75) is 6.92 Å². The lowest BCUT2D eigenvalue weighted by Gasteiger charge is -2.16. The highest BCUT2D eigenvalue weighted by Gasteiger charge is 2.16. The molecule has 3 heterocycles. The zero-order valence-corrected chi connectivity index (χ0v) is 22.7. The Labute approximate surface area is 239 Å². The summed E-state index contributed by atoms with van der Waals surface area (Å²) in [5, 5.41) is 2.28. The molecule has 194 valence electrons. The van der Waals surface area contributed by atoms with Crippen LogP contribution in [0.3, 0.4) is 0 Å². The summed E-state index contributed by atoms with van der Waals surface area (Å²) in [4.78, 5) is 14.2. The molecule has 3 heteroatoms. The van der Waals surface area contributed by atoms with Gasteiger partial charge in [-0.1, -0.05) is 91.0 Å². The van der Waals surface area contributed by atoms with Crippen molar-refractivity contribution in [1.82, 2.24) is 15.0 Å². The topological polar surface area (TPSA) is 38.7 Å². The van der Waals surface area contributed by atoms with Crippen molar-refractivity contribution in [1.29, 1.82) is 0 Å². The SMILES string of the molecule is Cc1ccnc(-c2cccc(-c3ccc(-c4ccnc(-c5ccccc5)c4)c4ccnc(-c5ccccc5)c34)c2)c1. The highest BCUT2D eigenvalue weighted by atomic mass is 14.7. The minimum atomic E-state index is 0.955. The van der Waals surface area contributed by atoms with Gasteiger partial charge in [0, 0.05) is 40.7 Å². The van der Waals surface area contributed by atoms with Crippen molar-refractivity contribution in [2.75, 3.05) is 0 Å². The monoisotopic (exact) mass is 525 g/mol. The van der Waals surface area contributed by atoms with Gasteiger partial charge in [-0.25, -0.2) is 0 Å². The van der Waals surface area contributed by atoms with E-state index in [0.717, 1.165) is 66.8 Å². The third-order valence-corrected chi connectivity index (χ3v) is 7.50. The van der Waals surface area contributed by atoms with Gasteiger partial charge in [0.05, 0.1) is 17.1 Å². The minimum Gasteiger partial charge on any atom is -0.256 e.